The molecule has 0 radical (unpaired) electrons. The molecule has 1 heterocycles. The average molecular weight is 804 g/mol. The monoisotopic (exact) mass is 803 g/mol. The maximum Gasteiger partial charge on any atom is 0.338 e. The third-order valence-electron chi connectivity index (χ3n) is 13.0. The number of ether oxygens (including phenoxy) is 4. The molecule has 6 rings (SSSR count). The molecule has 4 aliphatic rings. The van der Waals surface area contributed by atoms with Gasteiger partial charge in [0.25, 0.3) is 0 Å². The minimum absolute atomic E-state index is 0.0759. The van der Waals surface area contributed by atoms with Crippen LogP contribution in [0.5, 0.6) is 0 Å². The van der Waals surface area contributed by atoms with Crippen LogP contribution in [0.4, 0.5) is 0 Å². The molecule has 58 heavy (non-hydrogen) atoms. The van der Waals surface area contributed by atoms with Crippen LogP contribution in [-0.2, 0) is 42.9 Å². The first-order valence-electron chi connectivity index (χ1n) is 19.9. The van der Waals surface area contributed by atoms with Gasteiger partial charge in [0, 0.05) is 37.2 Å². The standard InChI is InChI=1S/C44H53NO13/c1-7-8-11-20-31(48)45-33(26-16-12-9-13-17-26)35(50)40(53)56-28-22-44(54)38(57-39(52)27-18-14-10-15-19-27)36-42(6,37(51)34(49)32(24(28)2)41(44,4)5)29(47)21-30-43(36,23-55-30)58-25(3)46/h9-10,12-19,28-30,33,35-36,38,47,50,54H,7-8,11,20-23H2,1-6H3,(H,45,48)/t28-,29-,30+,33+,35-,36-,38+,42-,43+,44+/m1/s1. The Balaban J connectivity index is 1.47. The molecule has 1 aliphatic heterocycles. The topological polar surface area (TPSA) is 212 Å². The van der Waals surface area contributed by atoms with Gasteiger partial charge in [0.1, 0.15) is 23.9 Å². The summed E-state index contributed by atoms with van der Waals surface area (Å²) in [6.07, 6.45) is -6.17. The van der Waals surface area contributed by atoms with Crippen LogP contribution in [0.15, 0.2) is 71.8 Å². The zero-order valence-corrected chi connectivity index (χ0v) is 33.7. The van der Waals surface area contributed by atoms with Gasteiger partial charge in [-0.3, -0.25) is 19.2 Å². The van der Waals surface area contributed by atoms with Crippen molar-refractivity contribution in [2.75, 3.05) is 6.61 Å². The minimum Gasteiger partial charge on any atom is -0.456 e. The Labute approximate surface area is 337 Å². The quantitative estimate of drug-likeness (QED) is 0.105. The summed E-state index contributed by atoms with van der Waals surface area (Å²) in [4.78, 5) is 83.6. The second-order valence-electron chi connectivity index (χ2n) is 16.8. The van der Waals surface area contributed by atoms with E-state index in [4.69, 9.17) is 18.9 Å². The van der Waals surface area contributed by atoms with E-state index in [1.165, 1.54) is 39.8 Å². The van der Waals surface area contributed by atoms with E-state index >= 15 is 0 Å². The summed E-state index contributed by atoms with van der Waals surface area (Å²) in [7, 11) is 0. The molecule has 2 bridgehead atoms. The Hall–Kier alpha value is -4.76. The second-order valence-corrected chi connectivity index (χ2v) is 16.8. The fourth-order valence-corrected chi connectivity index (χ4v) is 9.69. The molecule has 2 saturated carbocycles. The van der Waals surface area contributed by atoms with E-state index in [9.17, 15) is 44.1 Å². The number of ketones is 2. The Morgan fingerprint density at radius 1 is 0.966 bits per heavy atom. The molecule has 1 amide bonds. The van der Waals surface area contributed by atoms with Gasteiger partial charge in [0.2, 0.25) is 17.5 Å². The first-order chi connectivity index (χ1) is 27.3. The first kappa shape index (κ1) is 42.8. The number of esters is 3. The van der Waals surface area contributed by atoms with Crippen molar-refractivity contribution in [1.29, 1.82) is 0 Å². The number of nitrogens with one attached hydrogen (secondary N) is 1. The van der Waals surface area contributed by atoms with Crippen molar-refractivity contribution < 1.29 is 63.0 Å². The summed E-state index contributed by atoms with van der Waals surface area (Å²) in [6, 6.07) is 15.0. The third-order valence-corrected chi connectivity index (χ3v) is 13.0. The van der Waals surface area contributed by atoms with E-state index in [0.29, 0.717) is 12.0 Å². The van der Waals surface area contributed by atoms with Gasteiger partial charge in [-0.15, -0.1) is 0 Å². The maximum absolute atomic E-state index is 14.9. The molecule has 0 unspecified atom stereocenters. The number of aliphatic hydroxyl groups excluding tert-OH is 2. The molecule has 2 aromatic rings. The summed E-state index contributed by atoms with van der Waals surface area (Å²) >= 11 is 0. The Kier molecular flexibility index (Phi) is 11.9. The molecular weight excluding hydrogens is 750 g/mol. The van der Waals surface area contributed by atoms with Crippen LogP contribution in [0.3, 0.4) is 0 Å². The smallest absolute Gasteiger partial charge is 0.338 e. The summed E-state index contributed by atoms with van der Waals surface area (Å²) < 4.78 is 24.1. The molecule has 0 spiro atoms. The van der Waals surface area contributed by atoms with Crippen LogP contribution >= 0.6 is 0 Å². The van der Waals surface area contributed by atoms with Gasteiger partial charge in [-0.2, -0.15) is 0 Å². The fraction of sp³-hybridized carbons (Fsp3) is 0.545. The summed E-state index contributed by atoms with van der Waals surface area (Å²) in [5.74, 6) is -7.04. The highest BCUT2D eigenvalue weighted by Crippen LogP contribution is 2.63. The lowest BCUT2D eigenvalue weighted by atomic mass is 9.45. The van der Waals surface area contributed by atoms with Gasteiger partial charge in [0.15, 0.2) is 11.7 Å². The van der Waals surface area contributed by atoms with Crippen molar-refractivity contribution in [3.8, 4) is 0 Å². The van der Waals surface area contributed by atoms with Crippen LogP contribution in [-0.4, -0.2) is 99.0 Å². The third kappa shape index (κ3) is 7.07. The highest BCUT2D eigenvalue weighted by Gasteiger charge is 2.78. The number of carbonyl (C=O) groups is 6. The molecule has 1 saturated heterocycles. The van der Waals surface area contributed by atoms with Crippen LogP contribution in [0.2, 0.25) is 0 Å². The van der Waals surface area contributed by atoms with Gasteiger partial charge in [0.05, 0.1) is 35.6 Å². The van der Waals surface area contributed by atoms with Crippen LogP contribution in [0.25, 0.3) is 0 Å². The number of benzene rings is 2. The molecule has 10 atom stereocenters. The maximum atomic E-state index is 14.9. The lowest BCUT2D eigenvalue weighted by Gasteiger charge is -2.66. The highest BCUT2D eigenvalue weighted by molar-refractivity contribution is 6.46. The summed E-state index contributed by atoms with van der Waals surface area (Å²) in [5, 5.41) is 39.5. The Morgan fingerprint density at radius 2 is 1.60 bits per heavy atom. The van der Waals surface area contributed by atoms with Gasteiger partial charge in [-0.1, -0.05) is 82.1 Å². The molecular formula is C44H53NO13. The van der Waals surface area contributed by atoms with Crippen molar-refractivity contribution in [2.24, 2.45) is 16.7 Å². The predicted octanol–water partition coefficient (Wildman–Crippen LogP) is 3.64. The molecule has 14 nitrogen and oxygen atoms in total. The van der Waals surface area contributed by atoms with Crippen molar-refractivity contribution in [2.45, 2.75) is 128 Å². The predicted molar refractivity (Wildman–Crippen MR) is 206 cm³/mol. The average Bonchev–Trinajstić information content (AvgIpc) is 3.18. The number of aliphatic hydroxyl groups is 3. The highest BCUT2D eigenvalue weighted by atomic mass is 16.6. The zero-order valence-electron chi connectivity index (χ0n) is 33.7. The summed E-state index contributed by atoms with van der Waals surface area (Å²) in [6.45, 7) is 8.65. The van der Waals surface area contributed by atoms with Crippen molar-refractivity contribution >= 4 is 35.4 Å². The first-order valence-corrected chi connectivity index (χ1v) is 19.9. The van der Waals surface area contributed by atoms with E-state index in [0.717, 1.165) is 19.8 Å². The van der Waals surface area contributed by atoms with Crippen molar-refractivity contribution in [1.82, 2.24) is 5.32 Å². The number of hydrogen-bond acceptors (Lipinski definition) is 13. The molecule has 3 aliphatic carbocycles. The van der Waals surface area contributed by atoms with Gasteiger partial charge < -0.3 is 39.6 Å². The lowest BCUT2D eigenvalue weighted by Crippen LogP contribution is -2.81. The fourth-order valence-electron chi connectivity index (χ4n) is 9.69. The van der Waals surface area contributed by atoms with Crippen LogP contribution < -0.4 is 5.32 Å². The number of amides is 1. The van der Waals surface area contributed by atoms with E-state index in [2.05, 4.69) is 5.32 Å². The number of carbonyl (C=O) groups excluding carboxylic acids is 6. The van der Waals surface area contributed by atoms with Crippen LogP contribution in [0, 0.1) is 16.7 Å². The molecule has 312 valence electrons. The van der Waals surface area contributed by atoms with Gasteiger partial charge in [-0.05, 0) is 43.5 Å². The normalized spacial score (nSPS) is 32.2. The largest absolute Gasteiger partial charge is 0.456 e. The number of fused-ring (bicyclic) bond motifs is 5. The SMILES string of the molecule is CCCCCC(=O)N[C@@H](c1ccccc1)[C@@H](O)C(=O)O[C@@H]1C[C@]2(O)[C@@H](OC(=O)c3ccccc3)[C@H]3[C@]4(OC(C)=O)CO[C@H]4C[C@@H](O)[C@@]3(C)C(=O)C(=O)C(=C1C)C2(C)C. The van der Waals surface area contributed by atoms with E-state index in [1.54, 1.807) is 48.5 Å². The van der Waals surface area contributed by atoms with Gasteiger partial charge in [-0.25, -0.2) is 9.59 Å². The number of hydrogen-bond donors (Lipinski definition) is 4. The van der Waals surface area contributed by atoms with Crippen molar-refractivity contribution in [3.05, 3.63) is 82.9 Å². The van der Waals surface area contributed by atoms with E-state index in [-0.39, 0.29) is 36.2 Å². The van der Waals surface area contributed by atoms with Gasteiger partial charge >= 0.3 is 17.9 Å². The van der Waals surface area contributed by atoms with E-state index in [1.807, 2.05) is 6.92 Å². The number of Topliss-reactive ketones (excluding diaryl/α,β-unsaturated/α-hetero) is 2. The number of unbranched alkanes of at least 4 members (excludes halogenated alkanes) is 2. The summed E-state index contributed by atoms with van der Waals surface area (Å²) in [5.41, 5.74) is -7.60. The molecule has 3 fully saturated rings. The van der Waals surface area contributed by atoms with Crippen molar-refractivity contribution in [3.63, 3.8) is 0 Å². The molecule has 4 N–H and O–H groups in total. The number of rotatable bonds is 12. The Morgan fingerprint density at radius 3 is 2.19 bits per heavy atom. The van der Waals surface area contributed by atoms with Crippen LogP contribution in [0.1, 0.15) is 102 Å². The molecule has 0 aromatic heterocycles. The zero-order chi connectivity index (χ0) is 42.4. The molecule has 14 heteroatoms. The second kappa shape index (κ2) is 16.1. The minimum atomic E-state index is -2.39. The molecule has 2 aromatic carbocycles. The lowest BCUT2D eigenvalue weighted by molar-refractivity contribution is -0.343. The Bertz CT molecular complexity index is 1980. The van der Waals surface area contributed by atoms with E-state index < -0.39 is 106 Å².